The largest absolute Gasteiger partial charge is 0.497 e. The quantitative estimate of drug-likeness (QED) is 0.784. The molecule has 2 aromatic carbocycles. The Kier molecular flexibility index (Phi) is 3.81. The first-order valence-corrected chi connectivity index (χ1v) is 9.69. The molecule has 2 heterocycles. The molecule has 1 N–H and O–H groups in total. The molecule has 1 aliphatic rings. The third kappa shape index (κ3) is 2.53. The van der Waals surface area contributed by atoms with Gasteiger partial charge in [0.15, 0.2) is 0 Å². The maximum Gasteiger partial charge on any atom is 0.268 e. The van der Waals surface area contributed by atoms with Crippen molar-refractivity contribution >= 4 is 20.9 Å². The molecule has 0 aliphatic carbocycles. The average Bonchev–Trinajstić information content (AvgIpc) is 2.96. The van der Waals surface area contributed by atoms with Crippen molar-refractivity contribution < 1.29 is 13.2 Å². The van der Waals surface area contributed by atoms with Gasteiger partial charge in [-0.2, -0.15) is 0 Å². The zero-order valence-corrected chi connectivity index (χ0v) is 15.1. The molecule has 0 unspecified atom stereocenters. The van der Waals surface area contributed by atoms with Gasteiger partial charge in [-0.05, 0) is 36.8 Å². The molecule has 0 saturated heterocycles. The topological polar surface area (TPSA) is 60.3 Å². The van der Waals surface area contributed by atoms with E-state index in [4.69, 9.17) is 4.74 Å². The standard InChI is InChI=1S/C19H20N2O3S/c1-13-3-6-15(7-4-13)25(22,23)21-18-9-10-20-12-17(18)16-8-5-14(24-2)11-19(16)21/h3-8,11,20H,9-10,12H2,1-2H3. The maximum atomic E-state index is 13.4. The monoisotopic (exact) mass is 356 g/mol. The Morgan fingerprint density at radius 1 is 1.12 bits per heavy atom. The van der Waals surface area contributed by atoms with E-state index < -0.39 is 10.0 Å². The molecule has 1 aromatic heterocycles. The smallest absolute Gasteiger partial charge is 0.268 e. The summed E-state index contributed by atoms with van der Waals surface area (Å²) in [7, 11) is -2.08. The van der Waals surface area contributed by atoms with Crippen molar-refractivity contribution in [3.05, 3.63) is 59.3 Å². The van der Waals surface area contributed by atoms with Crippen LogP contribution in [0.4, 0.5) is 0 Å². The SMILES string of the molecule is COc1ccc2c3c(n(S(=O)(=O)c4ccc(C)cc4)c2c1)CCNC3. The van der Waals surface area contributed by atoms with Crippen molar-refractivity contribution in [3.8, 4) is 5.75 Å². The third-order valence-corrected chi connectivity index (χ3v) is 6.51. The molecule has 0 spiro atoms. The number of nitrogens with one attached hydrogen (secondary N) is 1. The van der Waals surface area contributed by atoms with Crippen LogP contribution in [-0.2, 0) is 23.0 Å². The Hall–Kier alpha value is -2.31. The van der Waals surface area contributed by atoms with E-state index in [-0.39, 0.29) is 0 Å². The van der Waals surface area contributed by atoms with Crippen LogP contribution in [0.1, 0.15) is 16.8 Å². The Bertz CT molecular complexity index is 1050. The minimum atomic E-state index is -3.67. The highest BCUT2D eigenvalue weighted by Gasteiger charge is 2.28. The second-order valence-electron chi connectivity index (χ2n) is 6.32. The predicted molar refractivity (Wildman–Crippen MR) is 97.7 cm³/mol. The summed E-state index contributed by atoms with van der Waals surface area (Å²) in [5.74, 6) is 0.649. The van der Waals surface area contributed by atoms with Gasteiger partial charge in [0.25, 0.3) is 10.0 Å². The summed E-state index contributed by atoms with van der Waals surface area (Å²) in [6, 6.07) is 12.6. The van der Waals surface area contributed by atoms with E-state index >= 15 is 0 Å². The second kappa shape index (κ2) is 5.89. The maximum absolute atomic E-state index is 13.4. The van der Waals surface area contributed by atoms with Crippen molar-refractivity contribution in [3.63, 3.8) is 0 Å². The molecule has 0 amide bonds. The number of fused-ring (bicyclic) bond motifs is 3. The van der Waals surface area contributed by atoms with Gasteiger partial charge >= 0.3 is 0 Å². The summed E-state index contributed by atoms with van der Waals surface area (Å²) >= 11 is 0. The van der Waals surface area contributed by atoms with Crippen LogP contribution < -0.4 is 10.1 Å². The molecule has 0 fully saturated rings. The summed E-state index contributed by atoms with van der Waals surface area (Å²) in [6.45, 7) is 3.39. The van der Waals surface area contributed by atoms with Gasteiger partial charge in [-0.3, -0.25) is 0 Å². The second-order valence-corrected chi connectivity index (χ2v) is 8.10. The molecule has 0 bridgehead atoms. The summed E-state index contributed by atoms with van der Waals surface area (Å²) in [6.07, 6.45) is 0.678. The first-order valence-electron chi connectivity index (χ1n) is 8.25. The van der Waals surface area contributed by atoms with Crippen LogP contribution in [0.3, 0.4) is 0 Å². The first-order chi connectivity index (χ1) is 12.0. The number of nitrogens with zero attached hydrogens (tertiary/aromatic N) is 1. The van der Waals surface area contributed by atoms with Crippen LogP contribution in [0.25, 0.3) is 10.9 Å². The van der Waals surface area contributed by atoms with Crippen LogP contribution in [0.5, 0.6) is 5.75 Å². The fraction of sp³-hybridized carbons (Fsp3) is 0.263. The Balaban J connectivity index is 2.04. The third-order valence-electron chi connectivity index (χ3n) is 4.74. The Morgan fingerprint density at radius 2 is 1.88 bits per heavy atom. The van der Waals surface area contributed by atoms with E-state index in [2.05, 4.69) is 5.32 Å². The van der Waals surface area contributed by atoms with Crippen LogP contribution >= 0.6 is 0 Å². The lowest BCUT2D eigenvalue weighted by molar-refractivity contribution is 0.415. The molecule has 0 radical (unpaired) electrons. The Morgan fingerprint density at radius 3 is 2.60 bits per heavy atom. The highest BCUT2D eigenvalue weighted by molar-refractivity contribution is 7.90. The summed E-state index contributed by atoms with van der Waals surface area (Å²) in [5, 5.41) is 4.29. The van der Waals surface area contributed by atoms with Crippen molar-refractivity contribution in [1.82, 2.24) is 9.29 Å². The van der Waals surface area contributed by atoms with E-state index in [1.54, 1.807) is 25.3 Å². The number of hydrogen-bond acceptors (Lipinski definition) is 4. The average molecular weight is 356 g/mol. The zero-order valence-electron chi connectivity index (χ0n) is 14.2. The summed E-state index contributed by atoms with van der Waals surface area (Å²) < 4.78 is 33.6. The van der Waals surface area contributed by atoms with Gasteiger partial charge in [-0.15, -0.1) is 0 Å². The molecule has 0 saturated carbocycles. The number of hydrogen-bond donors (Lipinski definition) is 1. The number of ether oxygens (including phenoxy) is 1. The van der Waals surface area contributed by atoms with Gasteiger partial charge in [0.05, 0.1) is 17.5 Å². The van der Waals surface area contributed by atoms with Gasteiger partial charge < -0.3 is 10.1 Å². The lowest BCUT2D eigenvalue weighted by Gasteiger charge is -2.17. The summed E-state index contributed by atoms with van der Waals surface area (Å²) in [4.78, 5) is 0.305. The molecule has 130 valence electrons. The molecule has 6 heteroatoms. The predicted octanol–water partition coefficient (Wildman–Crippen LogP) is 2.84. The molecule has 4 rings (SSSR count). The number of rotatable bonds is 3. The fourth-order valence-corrected chi connectivity index (χ4v) is 5.04. The van der Waals surface area contributed by atoms with Gasteiger partial charge in [0.1, 0.15) is 5.75 Å². The van der Waals surface area contributed by atoms with E-state index in [0.717, 1.165) is 28.8 Å². The molecule has 5 nitrogen and oxygen atoms in total. The van der Waals surface area contributed by atoms with Gasteiger partial charge in [0, 0.05) is 36.7 Å². The van der Waals surface area contributed by atoms with E-state index in [9.17, 15) is 8.42 Å². The minimum absolute atomic E-state index is 0.305. The number of benzene rings is 2. The lowest BCUT2D eigenvalue weighted by Crippen LogP contribution is -2.26. The van der Waals surface area contributed by atoms with Crippen LogP contribution in [0.2, 0.25) is 0 Å². The highest BCUT2D eigenvalue weighted by atomic mass is 32.2. The van der Waals surface area contributed by atoms with E-state index in [0.29, 0.717) is 29.1 Å². The number of aryl methyl sites for hydroxylation is 1. The van der Waals surface area contributed by atoms with Gasteiger partial charge in [-0.1, -0.05) is 17.7 Å². The summed E-state index contributed by atoms with van der Waals surface area (Å²) in [5.41, 5.74) is 3.63. The highest BCUT2D eigenvalue weighted by Crippen LogP contribution is 2.34. The molecule has 0 atom stereocenters. The zero-order chi connectivity index (χ0) is 17.6. The lowest BCUT2D eigenvalue weighted by atomic mass is 10.1. The fourth-order valence-electron chi connectivity index (χ4n) is 3.45. The Labute approximate surface area is 147 Å². The van der Waals surface area contributed by atoms with Crippen LogP contribution in [0, 0.1) is 6.92 Å². The van der Waals surface area contributed by atoms with Crippen molar-refractivity contribution in [2.24, 2.45) is 0 Å². The van der Waals surface area contributed by atoms with Crippen molar-refractivity contribution in [2.45, 2.75) is 24.8 Å². The molecule has 25 heavy (non-hydrogen) atoms. The van der Waals surface area contributed by atoms with E-state index in [1.165, 1.54) is 3.97 Å². The number of methoxy groups -OCH3 is 1. The molecular formula is C19H20N2O3S. The molecular weight excluding hydrogens is 336 g/mol. The van der Waals surface area contributed by atoms with Crippen molar-refractivity contribution in [1.29, 1.82) is 0 Å². The van der Waals surface area contributed by atoms with Crippen molar-refractivity contribution in [2.75, 3.05) is 13.7 Å². The first kappa shape index (κ1) is 16.2. The minimum Gasteiger partial charge on any atom is -0.497 e. The van der Waals surface area contributed by atoms with Gasteiger partial charge in [-0.25, -0.2) is 12.4 Å². The van der Waals surface area contributed by atoms with Gasteiger partial charge in [0.2, 0.25) is 0 Å². The molecule has 3 aromatic rings. The van der Waals surface area contributed by atoms with Crippen LogP contribution in [-0.4, -0.2) is 26.0 Å². The van der Waals surface area contributed by atoms with Crippen LogP contribution in [0.15, 0.2) is 47.4 Å². The normalized spacial score (nSPS) is 14.5. The van der Waals surface area contributed by atoms with E-state index in [1.807, 2.05) is 31.2 Å². The number of aromatic nitrogens is 1. The molecule has 1 aliphatic heterocycles.